The Labute approximate surface area is 318 Å². The molecule has 0 saturated heterocycles. The van der Waals surface area contributed by atoms with Crippen LogP contribution >= 0.6 is 7.82 Å². The number of carbonyl (C=O) groups excluding carboxylic acids is 2. The fraction of sp³-hybridized carbons (Fsp3) is 0.810. The summed E-state index contributed by atoms with van der Waals surface area (Å²) in [6.45, 7) is 3.67. The largest absolute Gasteiger partial charge is 0.472 e. The number of esters is 2. The molecule has 0 aromatic rings. The molecule has 0 rings (SSSR count). The van der Waals surface area contributed by atoms with Crippen molar-refractivity contribution in [1.29, 1.82) is 0 Å². The lowest BCUT2D eigenvalue weighted by Crippen LogP contribution is -2.29. The number of unbranched alkanes of at least 4 members (excludes halogenated alkanes) is 20. The average Bonchev–Trinajstić information content (AvgIpc) is 3.13. The Kier molecular flexibility index (Phi) is 37.6. The number of allylic oxidation sites excluding steroid dienone is 6. The third-order valence-corrected chi connectivity index (χ3v) is 9.76. The third kappa shape index (κ3) is 38.0. The number of ether oxygens (including phenoxy) is 2. The van der Waals surface area contributed by atoms with Crippen LogP contribution < -0.4 is 5.73 Å². The van der Waals surface area contributed by atoms with Crippen LogP contribution in [-0.2, 0) is 32.7 Å². The summed E-state index contributed by atoms with van der Waals surface area (Å²) in [7, 11) is -4.38. The Morgan fingerprint density at radius 3 is 1.54 bits per heavy atom. The van der Waals surface area contributed by atoms with E-state index >= 15 is 0 Å². The molecule has 304 valence electrons. The number of carbonyl (C=O) groups is 2. The number of hydrogen-bond acceptors (Lipinski definition) is 8. The molecule has 9 nitrogen and oxygen atoms in total. The van der Waals surface area contributed by atoms with E-state index in [0.29, 0.717) is 12.8 Å². The van der Waals surface area contributed by atoms with Gasteiger partial charge >= 0.3 is 19.8 Å². The van der Waals surface area contributed by atoms with E-state index in [0.717, 1.165) is 44.9 Å². The molecule has 0 aliphatic carbocycles. The minimum atomic E-state index is -4.38. The van der Waals surface area contributed by atoms with Crippen molar-refractivity contribution in [2.75, 3.05) is 26.4 Å². The summed E-state index contributed by atoms with van der Waals surface area (Å²) in [5.74, 6) is -0.886. The minimum Gasteiger partial charge on any atom is -0.462 e. The molecule has 1 unspecified atom stereocenters. The Morgan fingerprint density at radius 2 is 1.02 bits per heavy atom. The average molecular weight is 756 g/mol. The second-order valence-corrected chi connectivity index (χ2v) is 15.3. The van der Waals surface area contributed by atoms with Crippen LogP contribution in [0.25, 0.3) is 0 Å². The molecule has 0 aliphatic heterocycles. The SMILES string of the molecule is CCCCCCCC/C=C/C/C=C/C/C=C/CCCC(=O)OC[C@H](COP(=O)(O)OCCN)OC(=O)CCCCCCCCCCCCCCCC. The number of phosphoric ester groups is 1. The van der Waals surface area contributed by atoms with E-state index in [4.69, 9.17) is 24.3 Å². The summed E-state index contributed by atoms with van der Waals surface area (Å²) < 4.78 is 32.7. The van der Waals surface area contributed by atoms with Gasteiger partial charge in [-0.25, -0.2) is 4.57 Å². The standard InChI is InChI=1S/C42H78NO8P/c1-3-5-7-9-11-13-15-17-19-20-21-23-24-26-28-30-32-34-41(44)48-38-40(39-50-52(46,47)49-37-36-43)51-42(45)35-33-31-29-27-25-22-18-16-14-12-10-8-6-4-2/h17,19,21,23,26,28,40H,3-16,18,20,22,24-25,27,29-39,43H2,1-2H3,(H,46,47)/b19-17+,23-21+,28-26+/t40-/m1/s1. The molecule has 0 aliphatic rings. The van der Waals surface area contributed by atoms with Gasteiger partial charge in [-0.05, 0) is 44.9 Å². The monoisotopic (exact) mass is 756 g/mol. The first kappa shape index (κ1) is 50.2. The first-order valence-corrected chi connectivity index (χ1v) is 22.5. The van der Waals surface area contributed by atoms with E-state index in [1.807, 2.05) is 0 Å². The second-order valence-electron chi connectivity index (χ2n) is 13.9. The molecule has 0 spiro atoms. The molecule has 0 aromatic carbocycles. The predicted molar refractivity (Wildman–Crippen MR) is 215 cm³/mol. The third-order valence-electron chi connectivity index (χ3n) is 8.78. The maximum atomic E-state index is 12.5. The smallest absolute Gasteiger partial charge is 0.462 e. The van der Waals surface area contributed by atoms with Gasteiger partial charge in [-0.15, -0.1) is 0 Å². The maximum absolute atomic E-state index is 12.5. The van der Waals surface area contributed by atoms with Gasteiger partial charge < -0.3 is 20.1 Å². The Balaban J connectivity index is 4.25. The summed E-state index contributed by atoms with van der Waals surface area (Å²) in [5, 5.41) is 0. The molecule has 0 heterocycles. The van der Waals surface area contributed by atoms with Gasteiger partial charge in [-0.1, -0.05) is 166 Å². The van der Waals surface area contributed by atoms with Gasteiger partial charge in [0, 0.05) is 19.4 Å². The van der Waals surface area contributed by atoms with Crippen LogP contribution in [0.2, 0.25) is 0 Å². The van der Waals surface area contributed by atoms with Gasteiger partial charge in [0.05, 0.1) is 13.2 Å². The highest BCUT2D eigenvalue weighted by Crippen LogP contribution is 2.43. The van der Waals surface area contributed by atoms with Crippen LogP contribution in [0, 0.1) is 0 Å². The van der Waals surface area contributed by atoms with E-state index < -0.39 is 32.5 Å². The first-order valence-electron chi connectivity index (χ1n) is 21.0. The van der Waals surface area contributed by atoms with Crippen LogP contribution in [0.3, 0.4) is 0 Å². The van der Waals surface area contributed by atoms with Crippen LogP contribution in [0.4, 0.5) is 0 Å². The minimum absolute atomic E-state index is 0.0476. The summed E-state index contributed by atoms with van der Waals surface area (Å²) in [6.07, 6.45) is 41.8. The number of rotatable bonds is 39. The summed E-state index contributed by atoms with van der Waals surface area (Å²) in [6, 6.07) is 0. The lowest BCUT2D eigenvalue weighted by Gasteiger charge is -2.19. The van der Waals surface area contributed by atoms with E-state index in [1.165, 1.54) is 103 Å². The normalized spacial score (nSPS) is 13.7. The highest BCUT2D eigenvalue weighted by molar-refractivity contribution is 7.47. The van der Waals surface area contributed by atoms with Crippen molar-refractivity contribution in [2.45, 2.75) is 193 Å². The Morgan fingerprint density at radius 1 is 0.577 bits per heavy atom. The van der Waals surface area contributed by atoms with Crippen LogP contribution in [0.15, 0.2) is 36.5 Å². The molecule has 52 heavy (non-hydrogen) atoms. The summed E-state index contributed by atoms with van der Waals surface area (Å²) in [4.78, 5) is 34.8. The van der Waals surface area contributed by atoms with E-state index in [-0.39, 0.29) is 32.6 Å². The molecule has 0 amide bonds. The van der Waals surface area contributed by atoms with E-state index in [2.05, 4.69) is 50.3 Å². The van der Waals surface area contributed by atoms with Crippen LogP contribution in [0.1, 0.15) is 187 Å². The van der Waals surface area contributed by atoms with Crippen molar-refractivity contribution in [1.82, 2.24) is 0 Å². The zero-order valence-corrected chi connectivity index (χ0v) is 34.2. The van der Waals surface area contributed by atoms with Crippen LogP contribution in [0.5, 0.6) is 0 Å². The topological polar surface area (TPSA) is 134 Å². The number of nitrogens with two attached hydrogens (primary N) is 1. The van der Waals surface area contributed by atoms with Gasteiger partial charge in [0.25, 0.3) is 0 Å². The molecule has 0 bridgehead atoms. The molecule has 0 fully saturated rings. The molecule has 0 aromatic heterocycles. The highest BCUT2D eigenvalue weighted by atomic mass is 31.2. The predicted octanol–water partition coefficient (Wildman–Crippen LogP) is 11.8. The fourth-order valence-electron chi connectivity index (χ4n) is 5.65. The summed E-state index contributed by atoms with van der Waals surface area (Å²) >= 11 is 0. The van der Waals surface area contributed by atoms with Crippen LogP contribution in [-0.4, -0.2) is 49.3 Å². The molecule has 3 N–H and O–H groups in total. The lowest BCUT2D eigenvalue weighted by atomic mass is 10.0. The van der Waals surface area contributed by atoms with Crippen molar-refractivity contribution in [3.63, 3.8) is 0 Å². The molecule has 2 atom stereocenters. The zero-order chi connectivity index (χ0) is 38.2. The van der Waals surface area contributed by atoms with Crippen molar-refractivity contribution >= 4 is 19.8 Å². The van der Waals surface area contributed by atoms with Gasteiger partial charge in [0.2, 0.25) is 0 Å². The fourth-order valence-corrected chi connectivity index (χ4v) is 6.42. The number of hydrogen-bond donors (Lipinski definition) is 2. The van der Waals surface area contributed by atoms with Gasteiger partial charge in [0.1, 0.15) is 6.61 Å². The molecule has 0 saturated carbocycles. The van der Waals surface area contributed by atoms with E-state index in [9.17, 15) is 19.0 Å². The van der Waals surface area contributed by atoms with Crippen molar-refractivity contribution in [2.24, 2.45) is 5.73 Å². The summed E-state index contributed by atoms with van der Waals surface area (Å²) in [5.41, 5.74) is 5.34. The Bertz CT molecular complexity index is 954. The maximum Gasteiger partial charge on any atom is 0.472 e. The zero-order valence-electron chi connectivity index (χ0n) is 33.3. The van der Waals surface area contributed by atoms with Gasteiger partial charge in [-0.3, -0.25) is 18.6 Å². The van der Waals surface area contributed by atoms with Crippen molar-refractivity contribution in [3.05, 3.63) is 36.5 Å². The van der Waals surface area contributed by atoms with Gasteiger partial charge in [0.15, 0.2) is 6.10 Å². The molecule has 10 heteroatoms. The molecular formula is C42H78NO8P. The van der Waals surface area contributed by atoms with Gasteiger partial charge in [-0.2, -0.15) is 0 Å². The Hall–Kier alpha value is -1.77. The molecule has 0 radical (unpaired) electrons. The van der Waals surface area contributed by atoms with Crippen molar-refractivity contribution < 1.29 is 37.6 Å². The number of phosphoric acid groups is 1. The van der Waals surface area contributed by atoms with Crippen molar-refractivity contribution in [3.8, 4) is 0 Å². The van der Waals surface area contributed by atoms with E-state index in [1.54, 1.807) is 0 Å². The quantitative estimate of drug-likeness (QED) is 0.0272. The first-order chi connectivity index (χ1) is 25.3. The second kappa shape index (κ2) is 38.9. The highest BCUT2D eigenvalue weighted by Gasteiger charge is 2.25. The molecular weight excluding hydrogens is 677 g/mol. The lowest BCUT2D eigenvalue weighted by molar-refractivity contribution is -0.161.